The minimum absolute atomic E-state index is 0.000190. The number of methoxy groups -OCH3 is 1. The Balaban J connectivity index is 1.85. The van der Waals surface area contributed by atoms with Crippen LogP contribution in [0.5, 0.6) is 5.75 Å². The number of likely N-dealkylation sites (tertiary alicyclic amines) is 1. The molecule has 3 rings (SSSR count). The second kappa shape index (κ2) is 8.25. The van der Waals surface area contributed by atoms with Gasteiger partial charge in [-0.15, -0.1) is 0 Å². The third-order valence-electron chi connectivity index (χ3n) is 4.92. The standard InChI is InChI=1S/C22H26N2O3/c1-15(2)23-21(25)20-14-24(13-19(20)16-8-5-4-6-9-16)22(26)17-10-7-11-18(12-17)27-3/h4-12,15,19-20H,13-14H2,1-3H3,(H,23,25)/t19-,20-/m0/s1. The first kappa shape index (κ1) is 19.0. The molecule has 2 amide bonds. The molecule has 0 unspecified atom stereocenters. The van der Waals surface area contributed by atoms with Crippen LogP contribution >= 0.6 is 0 Å². The monoisotopic (exact) mass is 366 g/mol. The van der Waals surface area contributed by atoms with Crippen LogP contribution in [-0.2, 0) is 4.79 Å². The smallest absolute Gasteiger partial charge is 0.254 e. The minimum atomic E-state index is -0.260. The van der Waals surface area contributed by atoms with E-state index < -0.39 is 0 Å². The number of nitrogens with one attached hydrogen (secondary N) is 1. The van der Waals surface area contributed by atoms with E-state index in [2.05, 4.69) is 5.32 Å². The van der Waals surface area contributed by atoms with Gasteiger partial charge >= 0.3 is 0 Å². The summed E-state index contributed by atoms with van der Waals surface area (Å²) in [5, 5.41) is 3.01. The molecule has 1 heterocycles. The molecule has 0 radical (unpaired) electrons. The van der Waals surface area contributed by atoms with Gasteiger partial charge in [0.15, 0.2) is 0 Å². The van der Waals surface area contributed by atoms with Crippen LogP contribution in [0.25, 0.3) is 0 Å². The summed E-state index contributed by atoms with van der Waals surface area (Å²) in [7, 11) is 1.58. The summed E-state index contributed by atoms with van der Waals surface area (Å²) in [6.07, 6.45) is 0. The van der Waals surface area contributed by atoms with E-state index in [1.807, 2.05) is 50.2 Å². The zero-order valence-electron chi connectivity index (χ0n) is 16.0. The summed E-state index contributed by atoms with van der Waals surface area (Å²) in [6, 6.07) is 17.2. The van der Waals surface area contributed by atoms with Crippen LogP contribution in [0.4, 0.5) is 0 Å². The van der Waals surface area contributed by atoms with E-state index in [-0.39, 0.29) is 29.7 Å². The van der Waals surface area contributed by atoms with E-state index in [9.17, 15) is 9.59 Å². The average molecular weight is 366 g/mol. The average Bonchev–Trinajstić information content (AvgIpc) is 3.13. The van der Waals surface area contributed by atoms with E-state index >= 15 is 0 Å². The number of ether oxygens (including phenoxy) is 1. The molecule has 1 aliphatic rings. The zero-order chi connectivity index (χ0) is 19.4. The van der Waals surface area contributed by atoms with Gasteiger partial charge in [-0.3, -0.25) is 9.59 Å². The number of benzene rings is 2. The summed E-state index contributed by atoms with van der Waals surface area (Å²) in [4.78, 5) is 27.6. The van der Waals surface area contributed by atoms with E-state index in [0.717, 1.165) is 5.56 Å². The van der Waals surface area contributed by atoms with Crippen molar-refractivity contribution in [3.8, 4) is 5.75 Å². The van der Waals surface area contributed by atoms with Gasteiger partial charge in [-0.2, -0.15) is 0 Å². The van der Waals surface area contributed by atoms with Crippen molar-refractivity contribution < 1.29 is 14.3 Å². The lowest BCUT2D eigenvalue weighted by molar-refractivity contribution is -0.125. The van der Waals surface area contributed by atoms with Gasteiger partial charge in [0, 0.05) is 30.6 Å². The molecule has 5 nitrogen and oxygen atoms in total. The molecule has 1 aliphatic heterocycles. The molecule has 27 heavy (non-hydrogen) atoms. The highest BCUT2D eigenvalue weighted by atomic mass is 16.5. The van der Waals surface area contributed by atoms with Gasteiger partial charge < -0.3 is 15.0 Å². The molecule has 142 valence electrons. The first-order valence-corrected chi connectivity index (χ1v) is 9.28. The summed E-state index contributed by atoms with van der Waals surface area (Å²) in [6.45, 7) is 4.83. The predicted octanol–water partition coefficient (Wildman–Crippen LogP) is 3.08. The Kier molecular flexibility index (Phi) is 5.79. The van der Waals surface area contributed by atoms with Crippen molar-refractivity contribution in [2.24, 2.45) is 5.92 Å². The van der Waals surface area contributed by atoms with Crippen LogP contribution in [-0.4, -0.2) is 43.0 Å². The molecule has 2 aromatic rings. The minimum Gasteiger partial charge on any atom is -0.497 e. The third-order valence-corrected chi connectivity index (χ3v) is 4.92. The van der Waals surface area contributed by atoms with Gasteiger partial charge in [0.1, 0.15) is 5.75 Å². The van der Waals surface area contributed by atoms with Crippen LogP contribution in [0.3, 0.4) is 0 Å². The van der Waals surface area contributed by atoms with Gasteiger partial charge in [0.25, 0.3) is 5.91 Å². The maximum absolute atomic E-state index is 13.0. The van der Waals surface area contributed by atoms with Crippen molar-refractivity contribution in [2.75, 3.05) is 20.2 Å². The number of carbonyl (C=O) groups is 2. The Morgan fingerprint density at radius 3 is 2.48 bits per heavy atom. The Bertz CT molecular complexity index is 804. The van der Waals surface area contributed by atoms with Crippen LogP contribution in [0, 0.1) is 5.92 Å². The van der Waals surface area contributed by atoms with E-state index in [0.29, 0.717) is 24.4 Å². The normalized spacial score (nSPS) is 19.2. The highest BCUT2D eigenvalue weighted by Gasteiger charge is 2.40. The summed E-state index contributed by atoms with van der Waals surface area (Å²) in [5.41, 5.74) is 1.66. The molecule has 0 aliphatic carbocycles. The Hall–Kier alpha value is -2.82. The summed E-state index contributed by atoms with van der Waals surface area (Å²) < 4.78 is 5.23. The van der Waals surface area contributed by atoms with E-state index in [1.54, 1.807) is 30.2 Å². The second-order valence-corrected chi connectivity index (χ2v) is 7.23. The third kappa shape index (κ3) is 4.30. The quantitative estimate of drug-likeness (QED) is 0.885. The SMILES string of the molecule is COc1cccc(C(=O)N2C[C@H](C(=O)NC(C)C)[C@H](c3ccccc3)C2)c1. The number of rotatable bonds is 5. The molecule has 0 bridgehead atoms. The highest BCUT2D eigenvalue weighted by Crippen LogP contribution is 2.34. The number of nitrogens with zero attached hydrogens (tertiary/aromatic N) is 1. The Labute approximate surface area is 160 Å². The van der Waals surface area contributed by atoms with Crippen LogP contribution in [0.1, 0.15) is 35.7 Å². The maximum Gasteiger partial charge on any atom is 0.254 e. The Morgan fingerprint density at radius 1 is 1.07 bits per heavy atom. The van der Waals surface area contributed by atoms with Crippen LogP contribution < -0.4 is 10.1 Å². The van der Waals surface area contributed by atoms with Gasteiger partial charge in [-0.25, -0.2) is 0 Å². The largest absolute Gasteiger partial charge is 0.497 e. The first-order valence-electron chi connectivity index (χ1n) is 9.28. The van der Waals surface area contributed by atoms with Crippen molar-refractivity contribution in [3.63, 3.8) is 0 Å². The number of hydrogen-bond acceptors (Lipinski definition) is 3. The summed E-state index contributed by atoms with van der Waals surface area (Å²) >= 11 is 0. The lowest BCUT2D eigenvalue weighted by Crippen LogP contribution is -2.39. The molecule has 2 aromatic carbocycles. The van der Waals surface area contributed by atoms with Gasteiger partial charge in [-0.1, -0.05) is 36.4 Å². The molecule has 5 heteroatoms. The van der Waals surface area contributed by atoms with Crippen LogP contribution in [0.15, 0.2) is 54.6 Å². The van der Waals surface area contributed by atoms with Crippen molar-refractivity contribution in [1.29, 1.82) is 0 Å². The summed E-state index contributed by atoms with van der Waals surface area (Å²) in [5.74, 6) is 0.298. The topological polar surface area (TPSA) is 58.6 Å². The molecule has 0 saturated carbocycles. The zero-order valence-corrected chi connectivity index (χ0v) is 16.0. The highest BCUT2D eigenvalue weighted by molar-refractivity contribution is 5.95. The molecule has 0 aromatic heterocycles. The van der Waals surface area contributed by atoms with Gasteiger partial charge in [0.05, 0.1) is 13.0 Å². The maximum atomic E-state index is 13.0. The lowest BCUT2D eigenvalue weighted by atomic mass is 9.88. The molecule has 1 N–H and O–H groups in total. The molecular weight excluding hydrogens is 340 g/mol. The van der Waals surface area contributed by atoms with Crippen molar-refractivity contribution in [3.05, 3.63) is 65.7 Å². The molecular formula is C22H26N2O3. The predicted molar refractivity (Wildman–Crippen MR) is 105 cm³/mol. The fraction of sp³-hybridized carbons (Fsp3) is 0.364. The van der Waals surface area contributed by atoms with E-state index in [4.69, 9.17) is 4.74 Å². The molecule has 0 spiro atoms. The fourth-order valence-electron chi connectivity index (χ4n) is 3.60. The molecule has 1 saturated heterocycles. The lowest BCUT2D eigenvalue weighted by Gasteiger charge is -2.19. The number of carbonyl (C=O) groups excluding carboxylic acids is 2. The fourth-order valence-corrected chi connectivity index (χ4v) is 3.60. The number of amides is 2. The van der Waals surface area contributed by atoms with E-state index in [1.165, 1.54) is 0 Å². The van der Waals surface area contributed by atoms with Gasteiger partial charge in [0.2, 0.25) is 5.91 Å². The van der Waals surface area contributed by atoms with Crippen molar-refractivity contribution >= 4 is 11.8 Å². The first-order chi connectivity index (χ1) is 13.0. The van der Waals surface area contributed by atoms with Crippen molar-refractivity contribution in [1.82, 2.24) is 10.2 Å². The molecule has 1 fully saturated rings. The molecule has 2 atom stereocenters. The Morgan fingerprint density at radius 2 is 1.81 bits per heavy atom. The van der Waals surface area contributed by atoms with Crippen LogP contribution in [0.2, 0.25) is 0 Å². The second-order valence-electron chi connectivity index (χ2n) is 7.23. The number of hydrogen-bond donors (Lipinski definition) is 1. The van der Waals surface area contributed by atoms with Crippen molar-refractivity contribution in [2.45, 2.75) is 25.8 Å². The van der Waals surface area contributed by atoms with Gasteiger partial charge in [-0.05, 0) is 37.6 Å².